The van der Waals surface area contributed by atoms with Gasteiger partial charge in [0, 0.05) is 19.8 Å². The first-order valence-electron chi connectivity index (χ1n) is 10.6. The van der Waals surface area contributed by atoms with Gasteiger partial charge < -0.3 is 20.5 Å². The summed E-state index contributed by atoms with van der Waals surface area (Å²) in [5.41, 5.74) is 8.31. The molecule has 0 atom stereocenters. The summed E-state index contributed by atoms with van der Waals surface area (Å²) >= 11 is 0. The molecule has 28 heavy (non-hydrogen) atoms. The van der Waals surface area contributed by atoms with Crippen LogP contribution in [0.2, 0.25) is 0 Å². The normalized spacial score (nSPS) is 15.2. The summed E-state index contributed by atoms with van der Waals surface area (Å²) in [4.78, 5) is 4.43. The summed E-state index contributed by atoms with van der Waals surface area (Å²) in [5, 5.41) is 3.21. The van der Waals surface area contributed by atoms with Crippen molar-refractivity contribution in [3.8, 4) is 0 Å². The molecule has 0 bridgehead atoms. The van der Waals surface area contributed by atoms with Crippen LogP contribution in [0.15, 0.2) is 29.3 Å². The summed E-state index contributed by atoms with van der Waals surface area (Å²) in [6, 6.07) is 8.44. The van der Waals surface area contributed by atoms with Gasteiger partial charge >= 0.3 is 0 Å². The molecule has 1 aliphatic rings. The van der Waals surface area contributed by atoms with Gasteiger partial charge in [0.25, 0.3) is 0 Å². The molecule has 6 heteroatoms. The molecule has 0 aromatic heterocycles. The second-order valence-electron chi connectivity index (χ2n) is 7.34. The maximum absolute atomic E-state index is 5.96. The van der Waals surface area contributed by atoms with Crippen molar-refractivity contribution < 1.29 is 9.47 Å². The Morgan fingerprint density at radius 2 is 1.71 bits per heavy atom. The molecule has 0 radical (unpaired) electrons. The SMILES string of the molecule is CCCCCCCCNC(N)=NCc1ccc(COC2CCOCC2)cc1.I. The van der Waals surface area contributed by atoms with E-state index in [4.69, 9.17) is 15.2 Å². The van der Waals surface area contributed by atoms with Crippen LogP contribution in [0.3, 0.4) is 0 Å². The highest BCUT2D eigenvalue weighted by Gasteiger charge is 2.13. The van der Waals surface area contributed by atoms with Crippen LogP contribution in [0.5, 0.6) is 0 Å². The lowest BCUT2D eigenvalue weighted by Crippen LogP contribution is -2.32. The molecule has 1 heterocycles. The van der Waals surface area contributed by atoms with Crippen molar-refractivity contribution >= 4 is 29.9 Å². The zero-order valence-corrected chi connectivity index (χ0v) is 19.7. The van der Waals surface area contributed by atoms with Crippen LogP contribution in [0.1, 0.15) is 69.4 Å². The number of guanidine groups is 1. The molecular formula is C22H38IN3O2. The number of nitrogens with one attached hydrogen (secondary N) is 1. The van der Waals surface area contributed by atoms with E-state index in [1.165, 1.54) is 37.7 Å². The molecule has 5 nitrogen and oxygen atoms in total. The van der Waals surface area contributed by atoms with Crippen molar-refractivity contribution in [3.05, 3.63) is 35.4 Å². The molecule has 1 aromatic carbocycles. The Hall–Kier alpha value is -0.860. The molecule has 1 saturated heterocycles. The van der Waals surface area contributed by atoms with Gasteiger partial charge in [0.2, 0.25) is 0 Å². The van der Waals surface area contributed by atoms with Crippen LogP contribution in [0, 0.1) is 0 Å². The zero-order valence-electron chi connectivity index (χ0n) is 17.3. The fourth-order valence-electron chi connectivity index (χ4n) is 3.15. The Labute approximate surface area is 187 Å². The van der Waals surface area contributed by atoms with Crippen LogP contribution in [0.4, 0.5) is 0 Å². The van der Waals surface area contributed by atoms with Crippen LogP contribution in [-0.2, 0) is 22.6 Å². The Bertz CT molecular complexity index is 531. The number of halogens is 1. The Morgan fingerprint density at radius 3 is 2.43 bits per heavy atom. The van der Waals surface area contributed by atoms with Gasteiger partial charge in [-0.1, -0.05) is 63.3 Å². The van der Waals surface area contributed by atoms with Gasteiger partial charge in [0.1, 0.15) is 0 Å². The highest BCUT2D eigenvalue weighted by Crippen LogP contribution is 2.14. The fraction of sp³-hybridized carbons (Fsp3) is 0.682. The number of hydrogen-bond acceptors (Lipinski definition) is 3. The fourth-order valence-corrected chi connectivity index (χ4v) is 3.15. The maximum atomic E-state index is 5.96. The van der Waals surface area contributed by atoms with E-state index in [-0.39, 0.29) is 24.0 Å². The third-order valence-electron chi connectivity index (χ3n) is 4.95. The second kappa shape index (κ2) is 16.0. The standard InChI is InChI=1S/C22H37N3O2.HI/c1-2-3-4-5-6-7-14-24-22(23)25-17-19-8-10-20(11-9-19)18-27-21-12-15-26-16-13-21;/h8-11,21H,2-7,12-18H2,1H3,(H3,23,24,25);1H. The third-order valence-corrected chi connectivity index (χ3v) is 4.95. The number of rotatable bonds is 12. The van der Waals surface area contributed by atoms with Gasteiger partial charge in [-0.15, -0.1) is 24.0 Å². The topological polar surface area (TPSA) is 68.9 Å². The second-order valence-corrected chi connectivity index (χ2v) is 7.34. The van der Waals surface area contributed by atoms with Gasteiger partial charge in [-0.3, -0.25) is 0 Å². The summed E-state index contributed by atoms with van der Waals surface area (Å²) in [7, 11) is 0. The van der Waals surface area contributed by atoms with Crippen molar-refractivity contribution in [3.63, 3.8) is 0 Å². The quantitative estimate of drug-likeness (QED) is 0.187. The summed E-state index contributed by atoms with van der Waals surface area (Å²) in [6.07, 6.45) is 10.0. The van der Waals surface area contributed by atoms with Gasteiger partial charge in [0.15, 0.2) is 5.96 Å². The van der Waals surface area contributed by atoms with Crippen molar-refractivity contribution in [2.75, 3.05) is 19.8 Å². The van der Waals surface area contributed by atoms with E-state index < -0.39 is 0 Å². The van der Waals surface area contributed by atoms with E-state index in [2.05, 4.69) is 41.5 Å². The lowest BCUT2D eigenvalue weighted by molar-refractivity contribution is -0.0390. The van der Waals surface area contributed by atoms with E-state index in [0.717, 1.165) is 44.6 Å². The molecule has 3 N–H and O–H groups in total. The average Bonchev–Trinajstić information content (AvgIpc) is 2.71. The lowest BCUT2D eigenvalue weighted by Gasteiger charge is -2.22. The highest BCUT2D eigenvalue weighted by molar-refractivity contribution is 14.0. The van der Waals surface area contributed by atoms with Gasteiger partial charge in [-0.25, -0.2) is 4.99 Å². The van der Waals surface area contributed by atoms with Crippen LogP contribution < -0.4 is 11.1 Å². The Kier molecular flexibility index (Phi) is 14.4. The summed E-state index contributed by atoms with van der Waals surface area (Å²) in [6.45, 7) is 6.05. The van der Waals surface area contributed by atoms with Crippen LogP contribution in [0.25, 0.3) is 0 Å². The molecule has 0 spiro atoms. The lowest BCUT2D eigenvalue weighted by atomic mass is 10.1. The smallest absolute Gasteiger partial charge is 0.188 e. The van der Waals surface area contributed by atoms with E-state index in [1.807, 2.05) is 0 Å². The van der Waals surface area contributed by atoms with E-state index in [0.29, 0.717) is 25.2 Å². The van der Waals surface area contributed by atoms with E-state index in [9.17, 15) is 0 Å². The van der Waals surface area contributed by atoms with Gasteiger partial charge in [-0.2, -0.15) is 0 Å². The van der Waals surface area contributed by atoms with Crippen molar-refractivity contribution in [1.29, 1.82) is 0 Å². The van der Waals surface area contributed by atoms with Crippen molar-refractivity contribution in [2.24, 2.45) is 10.7 Å². The number of nitrogens with zero attached hydrogens (tertiary/aromatic N) is 1. The molecule has 0 aliphatic carbocycles. The minimum atomic E-state index is 0. The first-order chi connectivity index (χ1) is 13.3. The number of hydrogen-bond donors (Lipinski definition) is 2. The Balaban J connectivity index is 0.00000392. The van der Waals surface area contributed by atoms with Crippen LogP contribution in [-0.4, -0.2) is 31.8 Å². The van der Waals surface area contributed by atoms with Crippen LogP contribution >= 0.6 is 24.0 Å². The van der Waals surface area contributed by atoms with Gasteiger partial charge in [-0.05, 0) is 30.4 Å². The first-order valence-corrected chi connectivity index (χ1v) is 10.6. The van der Waals surface area contributed by atoms with Crippen molar-refractivity contribution in [1.82, 2.24) is 5.32 Å². The number of nitrogens with two attached hydrogens (primary N) is 1. The molecule has 160 valence electrons. The summed E-state index contributed by atoms with van der Waals surface area (Å²) in [5.74, 6) is 0.537. The van der Waals surface area contributed by atoms with Crippen molar-refractivity contribution in [2.45, 2.75) is 77.5 Å². The minimum absolute atomic E-state index is 0. The third kappa shape index (κ3) is 11.2. The largest absolute Gasteiger partial charge is 0.381 e. The molecule has 0 unspecified atom stereocenters. The molecule has 1 fully saturated rings. The highest BCUT2D eigenvalue weighted by atomic mass is 127. The monoisotopic (exact) mass is 503 g/mol. The van der Waals surface area contributed by atoms with E-state index >= 15 is 0 Å². The predicted octanol–water partition coefficient (Wildman–Crippen LogP) is 4.77. The number of ether oxygens (including phenoxy) is 2. The predicted molar refractivity (Wildman–Crippen MR) is 127 cm³/mol. The molecule has 1 aromatic rings. The molecule has 1 aliphatic heterocycles. The number of aliphatic imine (C=N–C) groups is 1. The molecule has 2 rings (SSSR count). The molecule has 0 amide bonds. The molecular weight excluding hydrogens is 465 g/mol. The number of unbranched alkanes of at least 4 members (excludes halogenated alkanes) is 5. The minimum Gasteiger partial charge on any atom is -0.381 e. The first kappa shape index (κ1) is 25.2. The average molecular weight is 503 g/mol. The maximum Gasteiger partial charge on any atom is 0.188 e. The van der Waals surface area contributed by atoms with Gasteiger partial charge in [0.05, 0.1) is 19.3 Å². The number of benzene rings is 1. The van der Waals surface area contributed by atoms with E-state index in [1.54, 1.807) is 0 Å². The zero-order chi connectivity index (χ0) is 19.2. The molecule has 0 saturated carbocycles. The summed E-state index contributed by atoms with van der Waals surface area (Å²) < 4.78 is 11.3. The Morgan fingerprint density at radius 1 is 1.07 bits per heavy atom.